The van der Waals surface area contributed by atoms with Gasteiger partial charge in [-0.15, -0.1) is 0 Å². The fourth-order valence-corrected chi connectivity index (χ4v) is 4.33. The van der Waals surface area contributed by atoms with Gasteiger partial charge in [0.1, 0.15) is 5.58 Å². The Morgan fingerprint density at radius 1 is 1.14 bits per heavy atom. The second-order valence-electron chi connectivity index (χ2n) is 5.59. The van der Waals surface area contributed by atoms with Crippen LogP contribution >= 0.6 is 0 Å². The van der Waals surface area contributed by atoms with Gasteiger partial charge in [-0.25, -0.2) is 13.2 Å². The maximum absolute atomic E-state index is 12.6. The highest BCUT2D eigenvalue weighted by Gasteiger charge is 2.29. The minimum Gasteiger partial charge on any atom is -0.422 e. The standard InChI is InChI=1S/C16H19NO4S/c1-2-12-6-7-13-11-15(16(18)21-14(13)10-12)22(19,20)17-8-4-3-5-9-17/h6-7,10-11H,2-5,8-9H2,1H3. The Labute approximate surface area is 129 Å². The SMILES string of the molecule is CCc1ccc2cc(S(=O)(=O)N3CCCCC3)c(=O)oc2c1. The molecule has 1 aromatic carbocycles. The fourth-order valence-electron chi connectivity index (χ4n) is 2.78. The van der Waals surface area contributed by atoms with E-state index in [2.05, 4.69) is 0 Å². The summed E-state index contributed by atoms with van der Waals surface area (Å²) in [6, 6.07) is 6.94. The molecule has 0 amide bonds. The van der Waals surface area contributed by atoms with E-state index in [4.69, 9.17) is 4.42 Å². The molecule has 0 atom stereocenters. The van der Waals surface area contributed by atoms with Crippen LogP contribution in [0.2, 0.25) is 0 Å². The van der Waals surface area contributed by atoms with Crippen molar-refractivity contribution >= 4 is 21.0 Å². The van der Waals surface area contributed by atoms with Gasteiger partial charge in [-0.2, -0.15) is 4.31 Å². The molecule has 2 heterocycles. The molecule has 0 radical (unpaired) electrons. The van der Waals surface area contributed by atoms with Crippen LogP contribution in [0.4, 0.5) is 0 Å². The summed E-state index contributed by atoms with van der Waals surface area (Å²) >= 11 is 0. The molecule has 5 nitrogen and oxygen atoms in total. The topological polar surface area (TPSA) is 67.6 Å². The Hall–Kier alpha value is -1.66. The van der Waals surface area contributed by atoms with Crippen molar-refractivity contribution < 1.29 is 12.8 Å². The summed E-state index contributed by atoms with van der Waals surface area (Å²) in [6.45, 7) is 2.94. The van der Waals surface area contributed by atoms with Crippen molar-refractivity contribution in [2.75, 3.05) is 13.1 Å². The molecule has 6 heteroatoms. The molecule has 1 saturated heterocycles. The molecule has 22 heavy (non-hydrogen) atoms. The quantitative estimate of drug-likeness (QED) is 0.815. The first-order chi connectivity index (χ1) is 10.5. The van der Waals surface area contributed by atoms with E-state index in [-0.39, 0.29) is 4.90 Å². The monoisotopic (exact) mass is 321 g/mol. The van der Waals surface area contributed by atoms with Gasteiger partial charge in [0.25, 0.3) is 0 Å². The molecule has 0 saturated carbocycles. The second-order valence-corrected chi connectivity index (χ2v) is 7.49. The molecule has 0 unspecified atom stereocenters. The molecule has 0 aliphatic carbocycles. The zero-order valence-electron chi connectivity index (χ0n) is 12.5. The minimum absolute atomic E-state index is 0.258. The van der Waals surface area contributed by atoms with Gasteiger partial charge in [-0.05, 0) is 37.0 Å². The number of piperidine rings is 1. The molecule has 3 rings (SSSR count). The summed E-state index contributed by atoms with van der Waals surface area (Å²) < 4.78 is 31.9. The number of nitrogens with zero attached hydrogens (tertiary/aromatic N) is 1. The smallest absolute Gasteiger partial charge is 0.356 e. The molecular weight excluding hydrogens is 302 g/mol. The lowest BCUT2D eigenvalue weighted by atomic mass is 10.1. The number of hydrogen-bond donors (Lipinski definition) is 0. The molecule has 118 valence electrons. The molecule has 0 bridgehead atoms. The second kappa shape index (κ2) is 5.85. The summed E-state index contributed by atoms with van der Waals surface area (Å²) in [4.78, 5) is 11.9. The minimum atomic E-state index is -3.77. The van der Waals surface area contributed by atoms with Crippen LogP contribution in [-0.4, -0.2) is 25.8 Å². The fraction of sp³-hybridized carbons (Fsp3) is 0.438. The van der Waals surface area contributed by atoms with Crippen molar-refractivity contribution in [1.82, 2.24) is 4.31 Å². The molecular formula is C16H19NO4S. The van der Waals surface area contributed by atoms with Crippen LogP contribution in [0.5, 0.6) is 0 Å². The molecule has 1 fully saturated rings. The maximum atomic E-state index is 12.6. The number of benzene rings is 1. The van der Waals surface area contributed by atoms with Crippen LogP contribution in [0.1, 0.15) is 31.7 Å². The Balaban J connectivity index is 2.10. The third-order valence-corrected chi connectivity index (χ3v) is 5.99. The first-order valence-corrected chi connectivity index (χ1v) is 9.03. The number of sulfonamides is 1. The van der Waals surface area contributed by atoms with Crippen molar-refractivity contribution in [2.24, 2.45) is 0 Å². The molecule has 0 spiro atoms. The van der Waals surface area contributed by atoms with Gasteiger partial charge in [0, 0.05) is 18.5 Å². The normalized spacial score (nSPS) is 17.0. The Kier molecular flexibility index (Phi) is 4.06. The van der Waals surface area contributed by atoms with Gasteiger partial charge in [-0.3, -0.25) is 0 Å². The van der Waals surface area contributed by atoms with Crippen molar-refractivity contribution in [1.29, 1.82) is 0 Å². The Morgan fingerprint density at radius 3 is 2.55 bits per heavy atom. The lowest BCUT2D eigenvalue weighted by Gasteiger charge is -2.25. The number of fused-ring (bicyclic) bond motifs is 1. The van der Waals surface area contributed by atoms with Crippen LogP contribution < -0.4 is 5.63 Å². The lowest BCUT2D eigenvalue weighted by molar-refractivity contribution is 0.345. The van der Waals surface area contributed by atoms with Crippen LogP contribution in [0.15, 0.2) is 38.4 Å². The molecule has 1 aliphatic rings. The van der Waals surface area contributed by atoms with Crippen molar-refractivity contribution in [2.45, 2.75) is 37.5 Å². The first-order valence-electron chi connectivity index (χ1n) is 7.59. The highest BCUT2D eigenvalue weighted by molar-refractivity contribution is 7.89. The summed E-state index contributed by atoms with van der Waals surface area (Å²) in [6.07, 6.45) is 3.52. The van der Waals surface area contributed by atoms with Crippen LogP contribution in [0, 0.1) is 0 Å². The number of hydrogen-bond acceptors (Lipinski definition) is 4. The third-order valence-electron chi connectivity index (χ3n) is 4.11. The zero-order chi connectivity index (χ0) is 15.7. The largest absolute Gasteiger partial charge is 0.422 e. The van der Waals surface area contributed by atoms with E-state index in [0.29, 0.717) is 24.1 Å². The van der Waals surface area contributed by atoms with Crippen molar-refractivity contribution in [3.8, 4) is 0 Å². The molecule has 0 N–H and O–H groups in total. The molecule has 2 aromatic rings. The van der Waals surface area contributed by atoms with Crippen LogP contribution in [0.3, 0.4) is 0 Å². The van der Waals surface area contributed by atoms with E-state index < -0.39 is 15.6 Å². The van der Waals surface area contributed by atoms with E-state index in [1.807, 2.05) is 13.0 Å². The van der Waals surface area contributed by atoms with Crippen LogP contribution in [-0.2, 0) is 16.4 Å². The average Bonchev–Trinajstić information content (AvgIpc) is 2.54. The third kappa shape index (κ3) is 2.68. The van der Waals surface area contributed by atoms with E-state index in [1.54, 1.807) is 12.1 Å². The van der Waals surface area contributed by atoms with Crippen molar-refractivity contribution in [3.63, 3.8) is 0 Å². The van der Waals surface area contributed by atoms with Gasteiger partial charge >= 0.3 is 5.63 Å². The summed E-state index contributed by atoms with van der Waals surface area (Å²) in [5.74, 6) is 0. The number of rotatable bonds is 3. The van der Waals surface area contributed by atoms with E-state index in [1.165, 1.54) is 10.4 Å². The van der Waals surface area contributed by atoms with E-state index in [9.17, 15) is 13.2 Å². The van der Waals surface area contributed by atoms with E-state index in [0.717, 1.165) is 31.2 Å². The van der Waals surface area contributed by atoms with Crippen molar-refractivity contribution in [3.05, 3.63) is 40.2 Å². The van der Waals surface area contributed by atoms with Gasteiger partial charge in [0.05, 0.1) is 0 Å². The Morgan fingerprint density at radius 2 is 1.86 bits per heavy atom. The number of aryl methyl sites for hydroxylation is 1. The molecule has 1 aromatic heterocycles. The first kappa shape index (κ1) is 15.2. The molecule has 1 aliphatic heterocycles. The predicted octanol–water partition coefficient (Wildman–Crippen LogP) is 2.53. The van der Waals surface area contributed by atoms with Gasteiger partial charge in [0.2, 0.25) is 10.0 Å². The summed E-state index contributed by atoms with van der Waals surface area (Å²) in [5.41, 5.74) is 0.690. The summed E-state index contributed by atoms with van der Waals surface area (Å²) in [7, 11) is -3.77. The Bertz CT molecular complexity index is 848. The van der Waals surface area contributed by atoms with Gasteiger partial charge < -0.3 is 4.42 Å². The highest BCUT2D eigenvalue weighted by Crippen LogP contribution is 2.22. The lowest BCUT2D eigenvalue weighted by Crippen LogP contribution is -2.37. The van der Waals surface area contributed by atoms with Crippen LogP contribution in [0.25, 0.3) is 11.0 Å². The zero-order valence-corrected chi connectivity index (χ0v) is 13.4. The summed E-state index contributed by atoms with van der Waals surface area (Å²) in [5, 5.41) is 0.632. The van der Waals surface area contributed by atoms with Gasteiger partial charge in [-0.1, -0.05) is 25.5 Å². The van der Waals surface area contributed by atoms with Gasteiger partial charge in [0.15, 0.2) is 4.90 Å². The predicted molar refractivity (Wildman–Crippen MR) is 84.5 cm³/mol. The average molecular weight is 321 g/mol. The van der Waals surface area contributed by atoms with E-state index >= 15 is 0 Å². The maximum Gasteiger partial charge on any atom is 0.356 e. The highest BCUT2D eigenvalue weighted by atomic mass is 32.2.